The lowest BCUT2D eigenvalue weighted by Crippen LogP contribution is -2.53. The summed E-state index contributed by atoms with van der Waals surface area (Å²) in [6, 6.07) is 6.25. The van der Waals surface area contributed by atoms with E-state index in [-0.39, 0.29) is 43.0 Å². The Balaban J connectivity index is 1.82. The molecule has 1 amide bonds. The number of piperidine rings is 1. The standard InChI is InChI=1S/C20H25FN2O3/c1-19(2,3)26-18(24)23-14-5-6-15(23)12-20(25,11-14)16-7-4-13(8-9-22)10-17(16)21/h4,7,10,14-15,25H,5-6,8,11-12H2,1-3H3. The predicted octanol–water partition coefficient (Wildman–Crippen LogP) is 3.64. The third-order valence-corrected chi connectivity index (χ3v) is 5.19. The minimum Gasteiger partial charge on any atom is -0.444 e. The molecule has 1 aromatic carbocycles. The molecule has 2 aliphatic heterocycles. The minimum absolute atomic E-state index is 0.132. The van der Waals surface area contributed by atoms with Crippen LogP contribution in [0.15, 0.2) is 18.2 Å². The highest BCUT2D eigenvalue weighted by molar-refractivity contribution is 5.69. The molecule has 2 heterocycles. The number of carbonyl (C=O) groups excluding carboxylic acids is 1. The largest absolute Gasteiger partial charge is 0.444 e. The molecule has 2 unspecified atom stereocenters. The van der Waals surface area contributed by atoms with E-state index in [4.69, 9.17) is 10.00 Å². The normalized spacial score (nSPS) is 27.9. The van der Waals surface area contributed by atoms with E-state index in [0.29, 0.717) is 5.56 Å². The zero-order chi connectivity index (χ0) is 19.1. The first-order valence-electron chi connectivity index (χ1n) is 9.02. The lowest BCUT2D eigenvalue weighted by atomic mass is 9.80. The van der Waals surface area contributed by atoms with Gasteiger partial charge in [-0.3, -0.25) is 0 Å². The van der Waals surface area contributed by atoms with Crippen molar-refractivity contribution >= 4 is 6.09 Å². The van der Waals surface area contributed by atoms with Gasteiger partial charge in [-0.25, -0.2) is 9.18 Å². The van der Waals surface area contributed by atoms with Gasteiger partial charge in [0.1, 0.15) is 11.4 Å². The highest BCUT2D eigenvalue weighted by atomic mass is 19.1. The van der Waals surface area contributed by atoms with Gasteiger partial charge in [0.25, 0.3) is 0 Å². The Labute approximate surface area is 153 Å². The van der Waals surface area contributed by atoms with Crippen molar-refractivity contribution in [1.29, 1.82) is 5.26 Å². The highest BCUT2D eigenvalue weighted by Gasteiger charge is 2.51. The summed E-state index contributed by atoms with van der Waals surface area (Å²) in [6.45, 7) is 5.47. The number of carbonyl (C=O) groups is 1. The Hall–Kier alpha value is -2.13. The number of rotatable bonds is 2. The Morgan fingerprint density at radius 3 is 2.50 bits per heavy atom. The number of hydrogen-bond donors (Lipinski definition) is 1. The monoisotopic (exact) mass is 360 g/mol. The highest BCUT2D eigenvalue weighted by Crippen LogP contribution is 2.46. The Morgan fingerprint density at radius 2 is 2.00 bits per heavy atom. The third-order valence-electron chi connectivity index (χ3n) is 5.19. The topological polar surface area (TPSA) is 73.6 Å². The fourth-order valence-electron chi connectivity index (χ4n) is 4.19. The van der Waals surface area contributed by atoms with Crippen molar-refractivity contribution in [2.24, 2.45) is 0 Å². The number of nitriles is 1. The van der Waals surface area contributed by atoms with Crippen molar-refractivity contribution in [3.8, 4) is 6.07 Å². The molecule has 1 aromatic rings. The predicted molar refractivity (Wildman–Crippen MR) is 93.7 cm³/mol. The fourth-order valence-corrected chi connectivity index (χ4v) is 4.19. The number of halogens is 1. The van der Waals surface area contributed by atoms with Crippen LogP contribution < -0.4 is 0 Å². The Kier molecular flexibility index (Phi) is 4.70. The molecule has 5 nitrogen and oxygen atoms in total. The average Bonchev–Trinajstić information content (AvgIpc) is 2.79. The Bertz CT molecular complexity index is 736. The first-order valence-corrected chi connectivity index (χ1v) is 9.02. The van der Waals surface area contributed by atoms with Crippen LogP contribution in [0.2, 0.25) is 0 Å². The number of hydrogen-bond acceptors (Lipinski definition) is 4. The first kappa shape index (κ1) is 18.7. The van der Waals surface area contributed by atoms with Crippen LogP contribution in [-0.4, -0.2) is 33.8 Å². The van der Waals surface area contributed by atoms with Crippen LogP contribution in [-0.2, 0) is 16.8 Å². The summed E-state index contributed by atoms with van der Waals surface area (Å²) < 4.78 is 20.1. The Morgan fingerprint density at radius 1 is 1.38 bits per heavy atom. The second kappa shape index (κ2) is 6.55. The van der Waals surface area contributed by atoms with E-state index in [2.05, 4.69) is 0 Å². The summed E-state index contributed by atoms with van der Waals surface area (Å²) >= 11 is 0. The maximum absolute atomic E-state index is 14.6. The van der Waals surface area contributed by atoms with E-state index in [1.54, 1.807) is 17.0 Å². The summed E-state index contributed by atoms with van der Waals surface area (Å²) in [6.07, 6.45) is 1.90. The number of aliphatic hydroxyl groups is 1. The maximum atomic E-state index is 14.6. The van der Waals surface area contributed by atoms with E-state index in [9.17, 15) is 14.3 Å². The SMILES string of the molecule is CC(C)(C)OC(=O)N1C2CCC1CC(O)(c1ccc(CC#N)cc1F)C2. The summed E-state index contributed by atoms with van der Waals surface area (Å²) in [5.74, 6) is -0.495. The molecule has 1 N–H and O–H groups in total. The molecule has 3 rings (SSSR count). The molecule has 2 saturated heterocycles. The second-order valence-electron chi connectivity index (χ2n) is 8.36. The van der Waals surface area contributed by atoms with Gasteiger partial charge in [0, 0.05) is 30.5 Å². The van der Waals surface area contributed by atoms with E-state index in [0.717, 1.165) is 12.8 Å². The molecule has 0 radical (unpaired) electrons. The first-order chi connectivity index (χ1) is 12.1. The quantitative estimate of drug-likeness (QED) is 0.874. The number of ether oxygens (including phenoxy) is 1. The van der Waals surface area contributed by atoms with Gasteiger partial charge in [-0.15, -0.1) is 0 Å². The summed E-state index contributed by atoms with van der Waals surface area (Å²) in [5, 5.41) is 19.9. The van der Waals surface area contributed by atoms with Gasteiger partial charge in [0.15, 0.2) is 0 Å². The maximum Gasteiger partial charge on any atom is 0.410 e. The average molecular weight is 360 g/mol. The number of benzene rings is 1. The van der Waals surface area contributed by atoms with Crippen molar-refractivity contribution < 1.29 is 19.0 Å². The van der Waals surface area contributed by atoms with Crippen LogP contribution >= 0.6 is 0 Å². The van der Waals surface area contributed by atoms with Crippen LogP contribution in [0.25, 0.3) is 0 Å². The number of fused-ring (bicyclic) bond motifs is 2. The zero-order valence-corrected chi connectivity index (χ0v) is 15.5. The van der Waals surface area contributed by atoms with Crippen LogP contribution in [0.5, 0.6) is 0 Å². The zero-order valence-electron chi connectivity index (χ0n) is 15.5. The molecular formula is C20H25FN2O3. The van der Waals surface area contributed by atoms with E-state index >= 15 is 0 Å². The van der Waals surface area contributed by atoms with E-state index in [1.165, 1.54) is 6.07 Å². The molecule has 26 heavy (non-hydrogen) atoms. The van der Waals surface area contributed by atoms with Crippen LogP contribution in [0.3, 0.4) is 0 Å². The van der Waals surface area contributed by atoms with Crippen LogP contribution in [0.1, 0.15) is 57.6 Å². The molecular weight excluding hydrogens is 335 g/mol. The van der Waals surface area contributed by atoms with Gasteiger partial charge in [0.2, 0.25) is 0 Å². The van der Waals surface area contributed by atoms with Gasteiger partial charge in [0.05, 0.1) is 18.1 Å². The van der Waals surface area contributed by atoms with Gasteiger partial charge >= 0.3 is 6.09 Å². The molecule has 2 bridgehead atoms. The van der Waals surface area contributed by atoms with Crippen molar-refractivity contribution in [3.05, 3.63) is 35.1 Å². The molecule has 0 aliphatic carbocycles. The second-order valence-corrected chi connectivity index (χ2v) is 8.36. The van der Waals surface area contributed by atoms with Gasteiger partial charge < -0.3 is 14.7 Å². The molecule has 140 valence electrons. The summed E-state index contributed by atoms with van der Waals surface area (Å²) in [7, 11) is 0. The van der Waals surface area contributed by atoms with Crippen LogP contribution in [0.4, 0.5) is 9.18 Å². The molecule has 0 spiro atoms. The lowest BCUT2D eigenvalue weighted by Gasteiger charge is -2.44. The van der Waals surface area contributed by atoms with Gasteiger partial charge in [-0.1, -0.05) is 12.1 Å². The smallest absolute Gasteiger partial charge is 0.410 e. The van der Waals surface area contributed by atoms with Crippen molar-refractivity contribution in [2.45, 2.75) is 76.2 Å². The number of nitrogens with zero attached hydrogens (tertiary/aromatic N) is 2. The molecule has 2 aliphatic rings. The van der Waals surface area contributed by atoms with Gasteiger partial charge in [-0.05, 0) is 45.2 Å². The van der Waals surface area contributed by atoms with Crippen molar-refractivity contribution in [3.63, 3.8) is 0 Å². The molecule has 6 heteroatoms. The molecule has 2 atom stereocenters. The number of amides is 1. The minimum atomic E-state index is -1.31. The summed E-state index contributed by atoms with van der Waals surface area (Å²) in [4.78, 5) is 14.2. The van der Waals surface area contributed by atoms with E-state index in [1.807, 2.05) is 26.8 Å². The van der Waals surface area contributed by atoms with Crippen molar-refractivity contribution in [1.82, 2.24) is 4.90 Å². The molecule has 0 aromatic heterocycles. The lowest BCUT2D eigenvalue weighted by molar-refractivity contribution is -0.0640. The van der Waals surface area contributed by atoms with Crippen LogP contribution in [0, 0.1) is 17.1 Å². The molecule has 2 fully saturated rings. The van der Waals surface area contributed by atoms with Gasteiger partial charge in [-0.2, -0.15) is 5.26 Å². The van der Waals surface area contributed by atoms with Crippen molar-refractivity contribution in [2.75, 3.05) is 0 Å². The molecule has 0 saturated carbocycles. The third kappa shape index (κ3) is 3.54. The summed E-state index contributed by atoms with van der Waals surface area (Å²) in [5.41, 5.74) is -1.04. The fraction of sp³-hybridized carbons (Fsp3) is 0.600. The van der Waals surface area contributed by atoms with E-state index < -0.39 is 17.0 Å².